The third kappa shape index (κ3) is 5.47. The van der Waals surface area contributed by atoms with Crippen molar-refractivity contribution in [3.63, 3.8) is 0 Å². The summed E-state index contributed by atoms with van der Waals surface area (Å²) in [5.41, 5.74) is 4.33. The van der Waals surface area contributed by atoms with E-state index >= 15 is 0 Å². The number of likely N-dealkylation sites (tertiary alicyclic amines) is 1. The Labute approximate surface area is 254 Å². The molecule has 7 rings (SSSR count). The minimum Gasteiger partial charge on any atom is -0.494 e. The maximum Gasteiger partial charge on any atom is 0.410 e. The predicted octanol–water partition coefficient (Wildman–Crippen LogP) is 6.22. The zero-order chi connectivity index (χ0) is 30.2. The van der Waals surface area contributed by atoms with Crippen LogP contribution >= 0.6 is 0 Å². The van der Waals surface area contributed by atoms with Crippen molar-refractivity contribution in [2.45, 2.75) is 45.4 Å². The molecule has 1 aliphatic carbocycles. The van der Waals surface area contributed by atoms with E-state index < -0.39 is 5.97 Å². The second kappa shape index (κ2) is 11.7. The fourth-order valence-corrected chi connectivity index (χ4v) is 6.26. The van der Waals surface area contributed by atoms with Crippen LogP contribution in [0.1, 0.15) is 41.6 Å². The van der Waals surface area contributed by atoms with Crippen molar-refractivity contribution in [2.75, 3.05) is 20.2 Å². The van der Waals surface area contributed by atoms with Gasteiger partial charge in [0.2, 0.25) is 0 Å². The van der Waals surface area contributed by atoms with Crippen LogP contribution in [0.3, 0.4) is 0 Å². The fraction of sp³-hybridized carbons (Fsp3) is 0.353. The standard InChI is InChI=1S/C34H35N5O5/c1-43-29-18-26(33(40)41)16-27-30(29)39(20-23-11-14-37(15-12-23)34(42)44-21-24-6-3-2-4-7-24)32(36-27)28-17-25-8-5-13-35-31(25)38(28)19-22-9-10-22/h2-8,13,16-18,22-23H,9-12,14-15,19-21H2,1H3,(H,40,41). The lowest BCUT2D eigenvalue weighted by Gasteiger charge is -2.32. The molecule has 10 heteroatoms. The number of carbonyl (C=O) groups is 2. The average Bonchev–Trinajstić information content (AvgIpc) is 3.71. The molecule has 0 atom stereocenters. The Bertz CT molecular complexity index is 1830. The summed E-state index contributed by atoms with van der Waals surface area (Å²) in [6.07, 6.45) is 5.54. The number of amides is 1. The molecule has 1 N–H and O–H groups in total. The number of piperidine rings is 1. The molecular weight excluding hydrogens is 558 g/mol. The van der Waals surface area contributed by atoms with Gasteiger partial charge in [0.25, 0.3) is 0 Å². The number of aromatic nitrogens is 4. The molecule has 5 aromatic rings. The van der Waals surface area contributed by atoms with Crippen molar-refractivity contribution in [1.82, 2.24) is 24.0 Å². The number of imidazole rings is 1. The Balaban J connectivity index is 1.21. The van der Waals surface area contributed by atoms with E-state index in [1.165, 1.54) is 12.8 Å². The van der Waals surface area contributed by atoms with Gasteiger partial charge in [-0.05, 0) is 73.4 Å². The number of carboxylic acids is 1. The largest absolute Gasteiger partial charge is 0.494 e. The van der Waals surface area contributed by atoms with Crippen molar-refractivity contribution in [2.24, 2.45) is 11.8 Å². The van der Waals surface area contributed by atoms with Crippen molar-refractivity contribution in [3.05, 3.63) is 78.0 Å². The SMILES string of the molecule is COc1cc(C(=O)O)cc2nc(-c3cc4cccnc4n3CC3CC3)n(CC3CCN(C(=O)OCc4ccccc4)CC3)c12. The molecule has 0 bridgehead atoms. The maximum atomic E-state index is 12.8. The molecule has 0 unspecified atom stereocenters. The first-order valence-corrected chi connectivity index (χ1v) is 15.2. The molecule has 0 radical (unpaired) electrons. The molecule has 44 heavy (non-hydrogen) atoms. The highest BCUT2D eigenvalue weighted by molar-refractivity contribution is 5.96. The smallest absolute Gasteiger partial charge is 0.410 e. The van der Waals surface area contributed by atoms with E-state index in [1.807, 2.05) is 42.6 Å². The fourth-order valence-electron chi connectivity index (χ4n) is 6.26. The van der Waals surface area contributed by atoms with E-state index in [0.29, 0.717) is 36.8 Å². The number of hydrogen-bond acceptors (Lipinski definition) is 6. The Kier molecular flexibility index (Phi) is 7.41. The van der Waals surface area contributed by atoms with E-state index in [0.717, 1.165) is 53.0 Å². The van der Waals surface area contributed by atoms with Crippen LogP contribution in [0.25, 0.3) is 33.6 Å². The highest BCUT2D eigenvalue weighted by Gasteiger charge is 2.30. The number of benzene rings is 2. The first-order chi connectivity index (χ1) is 21.5. The molecular formula is C34H35N5O5. The molecule has 2 fully saturated rings. The van der Waals surface area contributed by atoms with Gasteiger partial charge in [-0.25, -0.2) is 19.6 Å². The molecule has 10 nitrogen and oxygen atoms in total. The van der Waals surface area contributed by atoms with Gasteiger partial charge in [0.05, 0.1) is 23.9 Å². The summed E-state index contributed by atoms with van der Waals surface area (Å²) in [5, 5.41) is 10.8. The number of carboxylic acid groups (broad SMARTS) is 1. The summed E-state index contributed by atoms with van der Waals surface area (Å²) in [7, 11) is 1.56. The molecule has 2 aromatic carbocycles. The molecule has 0 spiro atoms. The summed E-state index contributed by atoms with van der Waals surface area (Å²) in [4.78, 5) is 36.3. The third-order valence-electron chi connectivity index (χ3n) is 8.81. The van der Waals surface area contributed by atoms with Gasteiger partial charge in [-0.3, -0.25) is 0 Å². The van der Waals surface area contributed by atoms with Crippen LogP contribution in [0.2, 0.25) is 0 Å². The predicted molar refractivity (Wildman–Crippen MR) is 166 cm³/mol. The number of carbonyl (C=O) groups excluding carboxylic acids is 1. The number of nitrogens with zero attached hydrogens (tertiary/aromatic N) is 5. The number of fused-ring (bicyclic) bond motifs is 2. The number of rotatable bonds is 9. The van der Waals surface area contributed by atoms with Crippen LogP contribution < -0.4 is 4.74 Å². The summed E-state index contributed by atoms with van der Waals surface area (Å²) in [6, 6.07) is 19.0. The number of hydrogen-bond donors (Lipinski definition) is 1. The van der Waals surface area contributed by atoms with E-state index in [1.54, 1.807) is 24.1 Å². The van der Waals surface area contributed by atoms with E-state index in [-0.39, 0.29) is 24.2 Å². The van der Waals surface area contributed by atoms with Gasteiger partial charge in [-0.15, -0.1) is 0 Å². The minimum absolute atomic E-state index is 0.132. The van der Waals surface area contributed by atoms with Crippen LogP contribution in [0, 0.1) is 11.8 Å². The van der Waals surface area contributed by atoms with E-state index in [4.69, 9.17) is 19.4 Å². The molecule has 1 saturated carbocycles. The molecule has 2 aliphatic rings. The Morgan fingerprint density at radius 2 is 1.68 bits per heavy atom. The minimum atomic E-state index is -1.03. The second-order valence-electron chi connectivity index (χ2n) is 11.9. The number of aromatic carboxylic acids is 1. The van der Waals surface area contributed by atoms with Gasteiger partial charge in [-0.1, -0.05) is 30.3 Å². The molecule has 1 amide bonds. The second-order valence-corrected chi connectivity index (χ2v) is 11.9. The van der Waals surface area contributed by atoms with Gasteiger partial charge in [0, 0.05) is 37.8 Å². The first-order valence-electron chi connectivity index (χ1n) is 15.2. The van der Waals surface area contributed by atoms with Gasteiger partial charge in [0.15, 0.2) is 5.82 Å². The van der Waals surface area contributed by atoms with Gasteiger partial charge in [-0.2, -0.15) is 0 Å². The lowest BCUT2D eigenvalue weighted by atomic mass is 9.96. The van der Waals surface area contributed by atoms with Crippen molar-refractivity contribution >= 4 is 34.1 Å². The van der Waals surface area contributed by atoms with E-state index in [9.17, 15) is 14.7 Å². The molecule has 226 valence electrons. The summed E-state index contributed by atoms with van der Waals surface area (Å²) >= 11 is 0. The summed E-state index contributed by atoms with van der Waals surface area (Å²) in [5.74, 6) is 1.10. The Morgan fingerprint density at radius 3 is 2.41 bits per heavy atom. The number of ether oxygens (including phenoxy) is 2. The highest BCUT2D eigenvalue weighted by Crippen LogP contribution is 2.38. The monoisotopic (exact) mass is 593 g/mol. The van der Waals surface area contributed by atoms with Crippen LogP contribution in [0.5, 0.6) is 5.75 Å². The molecule has 3 aromatic heterocycles. The topological polar surface area (TPSA) is 112 Å². The molecule has 1 aliphatic heterocycles. The lowest BCUT2D eigenvalue weighted by Crippen LogP contribution is -2.39. The maximum absolute atomic E-state index is 12.8. The van der Waals surface area contributed by atoms with Crippen LogP contribution in [-0.2, 0) is 24.4 Å². The number of pyridine rings is 1. The van der Waals surface area contributed by atoms with Crippen molar-refractivity contribution in [1.29, 1.82) is 0 Å². The lowest BCUT2D eigenvalue weighted by molar-refractivity contribution is 0.0696. The molecule has 4 heterocycles. The van der Waals surface area contributed by atoms with Crippen molar-refractivity contribution in [3.8, 4) is 17.3 Å². The van der Waals surface area contributed by atoms with Crippen molar-refractivity contribution < 1.29 is 24.2 Å². The summed E-state index contributed by atoms with van der Waals surface area (Å²) < 4.78 is 15.8. The van der Waals surface area contributed by atoms with Crippen LogP contribution in [0.15, 0.2) is 66.9 Å². The quantitative estimate of drug-likeness (QED) is 0.216. The van der Waals surface area contributed by atoms with Gasteiger partial charge in [0.1, 0.15) is 23.5 Å². The summed E-state index contributed by atoms with van der Waals surface area (Å²) in [6.45, 7) is 2.98. The zero-order valence-electron chi connectivity index (χ0n) is 24.7. The zero-order valence-corrected chi connectivity index (χ0v) is 24.7. The first kappa shape index (κ1) is 27.9. The molecule has 1 saturated heterocycles. The third-order valence-corrected chi connectivity index (χ3v) is 8.81. The van der Waals surface area contributed by atoms with Gasteiger partial charge < -0.3 is 28.6 Å². The number of methoxy groups -OCH3 is 1. The average molecular weight is 594 g/mol. The van der Waals surface area contributed by atoms with Gasteiger partial charge >= 0.3 is 12.1 Å². The van der Waals surface area contributed by atoms with E-state index in [2.05, 4.69) is 21.3 Å². The van der Waals surface area contributed by atoms with Crippen LogP contribution in [-0.4, -0.2) is 61.4 Å². The highest BCUT2D eigenvalue weighted by atomic mass is 16.6. The Hall–Kier alpha value is -4.86. The van der Waals surface area contributed by atoms with Crippen LogP contribution in [0.4, 0.5) is 4.79 Å². The Morgan fingerprint density at radius 1 is 0.932 bits per heavy atom. The normalized spacial score (nSPS) is 15.6.